The number of carbonyl (C=O) groups excluding carboxylic acids is 1. The Labute approximate surface area is 111 Å². The van der Waals surface area contributed by atoms with E-state index in [-0.39, 0.29) is 5.91 Å². The van der Waals surface area contributed by atoms with Gasteiger partial charge in [0.2, 0.25) is 5.91 Å². The summed E-state index contributed by atoms with van der Waals surface area (Å²) in [6.07, 6.45) is 4.74. The molecular formula is C13H19N3O3. The molecule has 0 aliphatic heterocycles. The van der Waals surface area contributed by atoms with Crippen LogP contribution in [-0.2, 0) is 16.6 Å². The first-order chi connectivity index (χ1) is 8.99. The second kappa shape index (κ2) is 5.42. The van der Waals surface area contributed by atoms with Crippen LogP contribution in [0.2, 0.25) is 0 Å². The second-order valence-electron chi connectivity index (χ2n) is 5.13. The van der Waals surface area contributed by atoms with Crippen LogP contribution in [0.3, 0.4) is 0 Å². The minimum absolute atomic E-state index is 0.205. The summed E-state index contributed by atoms with van der Waals surface area (Å²) in [5.41, 5.74) is 1.39. The zero-order chi connectivity index (χ0) is 14.0. The average Bonchev–Trinajstić information content (AvgIpc) is 2.67. The van der Waals surface area contributed by atoms with Crippen LogP contribution in [0.5, 0.6) is 0 Å². The molecule has 1 amide bonds. The number of rotatable bonds is 3. The van der Waals surface area contributed by atoms with Crippen LogP contribution < -0.4 is 5.32 Å². The number of carboxylic acids is 1. The van der Waals surface area contributed by atoms with Crippen molar-refractivity contribution in [1.82, 2.24) is 9.78 Å². The molecule has 1 aromatic heterocycles. The summed E-state index contributed by atoms with van der Waals surface area (Å²) in [6.45, 7) is 1.81. The highest BCUT2D eigenvalue weighted by molar-refractivity contribution is 5.95. The molecule has 1 fully saturated rings. The summed E-state index contributed by atoms with van der Waals surface area (Å²) in [5.74, 6) is -2.08. The zero-order valence-electron chi connectivity index (χ0n) is 11.2. The number of aliphatic carboxylic acids is 1. The molecule has 104 valence electrons. The summed E-state index contributed by atoms with van der Waals surface area (Å²) in [5, 5.41) is 16.1. The molecule has 2 rings (SSSR count). The number of nitrogens with zero attached hydrogens (tertiary/aromatic N) is 2. The monoisotopic (exact) mass is 265 g/mol. The summed E-state index contributed by atoms with van der Waals surface area (Å²) in [6, 6.07) is 0. The van der Waals surface area contributed by atoms with Crippen LogP contribution in [0.15, 0.2) is 6.20 Å². The van der Waals surface area contributed by atoms with Crippen molar-refractivity contribution in [1.29, 1.82) is 0 Å². The Hall–Kier alpha value is -1.85. The van der Waals surface area contributed by atoms with E-state index in [0.717, 1.165) is 18.5 Å². The van der Waals surface area contributed by atoms with Crippen molar-refractivity contribution < 1.29 is 14.7 Å². The molecule has 1 aromatic rings. The highest BCUT2D eigenvalue weighted by Gasteiger charge is 2.35. The number of amides is 1. The molecule has 6 nitrogen and oxygen atoms in total. The van der Waals surface area contributed by atoms with Gasteiger partial charge in [-0.1, -0.05) is 12.8 Å². The Bertz CT molecular complexity index is 495. The molecule has 1 aliphatic carbocycles. The molecule has 1 saturated carbocycles. The SMILES string of the molecule is Cc1nn(C)cc1NC(=O)[C@H]1CCCC[C@H]1C(=O)O. The lowest BCUT2D eigenvalue weighted by atomic mass is 9.78. The molecule has 0 spiro atoms. The fourth-order valence-corrected chi connectivity index (χ4v) is 2.69. The van der Waals surface area contributed by atoms with Crippen LogP contribution in [0, 0.1) is 18.8 Å². The lowest BCUT2D eigenvalue weighted by molar-refractivity contribution is -0.147. The van der Waals surface area contributed by atoms with Crippen LogP contribution in [0.4, 0.5) is 5.69 Å². The van der Waals surface area contributed by atoms with Gasteiger partial charge in [0.25, 0.3) is 0 Å². The maximum atomic E-state index is 12.2. The number of hydrogen-bond acceptors (Lipinski definition) is 3. The largest absolute Gasteiger partial charge is 0.481 e. The summed E-state index contributed by atoms with van der Waals surface area (Å²) in [4.78, 5) is 23.4. The van der Waals surface area contributed by atoms with E-state index in [1.807, 2.05) is 6.92 Å². The number of hydrogen-bond donors (Lipinski definition) is 2. The standard InChI is InChI=1S/C13H19N3O3/c1-8-11(7-16(2)15-8)14-12(17)9-5-3-4-6-10(9)13(18)19/h7,9-10H,3-6H2,1-2H3,(H,14,17)(H,18,19)/t9-,10+/m0/s1. The molecule has 0 unspecified atom stereocenters. The number of carboxylic acid groups (broad SMARTS) is 1. The van der Waals surface area contributed by atoms with Crippen molar-refractivity contribution in [3.8, 4) is 0 Å². The number of anilines is 1. The van der Waals surface area contributed by atoms with Crippen molar-refractivity contribution in [2.45, 2.75) is 32.6 Å². The molecular weight excluding hydrogens is 246 g/mol. The van der Waals surface area contributed by atoms with Gasteiger partial charge in [-0.15, -0.1) is 0 Å². The van der Waals surface area contributed by atoms with Gasteiger partial charge in [0.1, 0.15) is 0 Å². The van der Waals surface area contributed by atoms with Crippen LogP contribution in [0.25, 0.3) is 0 Å². The molecule has 1 aliphatic rings. The van der Waals surface area contributed by atoms with E-state index in [0.29, 0.717) is 18.5 Å². The van der Waals surface area contributed by atoms with Gasteiger partial charge >= 0.3 is 5.97 Å². The summed E-state index contributed by atoms with van der Waals surface area (Å²) >= 11 is 0. The minimum Gasteiger partial charge on any atom is -0.481 e. The Morgan fingerprint density at radius 3 is 2.53 bits per heavy atom. The smallest absolute Gasteiger partial charge is 0.307 e. The lowest BCUT2D eigenvalue weighted by Gasteiger charge is -2.27. The van der Waals surface area contributed by atoms with Crippen molar-refractivity contribution in [3.63, 3.8) is 0 Å². The summed E-state index contributed by atoms with van der Waals surface area (Å²) < 4.78 is 1.63. The summed E-state index contributed by atoms with van der Waals surface area (Å²) in [7, 11) is 1.78. The zero-order valence-corrected chi connectivity index (χ0v) is 11.2. The number of aromatic nitrogens is 2. The van der Waals surface area contributed by atoms with Gasteiger partial charge in [0.15, 0.2) is 0 Å². The Morgan fingerprint density at radius 1 is 1.37 bits per heavy atom. The van der Waals surface area contributed by atoms with E-state index < -0.39 is 17.8 Å². The lowest BCUT2D eigenvalue weighted by Crippen LogP contribution is -2.36. The molecule has 2 N–H and O–H groups in total. The topological polar surface area (TPSA) is 84.2 Å². The maximum Gasteiger partial charge on any atom is 0.307 e. The predicted molar refractivity (Wildman–Crippen MR) is 69.7 cm³/mol. The number of carbonyl (C=O) groups is 2. The number of nitrogens with one attached hydrogen (secondary N) is 1. The van der Waals surface area contributed by atoms with Crippen molar-refractivity contribution in [2.24, 2.45) is 18.9 Å². The Balaban J connectivity index is 2.09. The first-order valence-corrected chi connectivity index (χ1v) is 6.53. The molecule has 1 heterocycles. The minimum atomic E-state index is -0.872. The van der Waals surface area contributed by atoms with E-state index in [9.17, 15) is 14.7 Å². The highest BCUT2D eigenvalue weighted by Crippen LogP contribution is 2.31. The van der Waals surface area contributed by atoms with Gasteiger partial charge in [0.05, 0.1) is 23.2 Å². The fourth-order valence-electron chi connectivity index (χ4n) is 2.69. The van der Waals surface area contributed by atoms with Gasteiger partial charge in [0, 0.05) is 13.2 Å². The molecule has 6 heteroatoms. The van der Waals surface area contributed by atoms with Gasteiger partial charge in [-0.3, -0.25) is 14.3 Å². The maximum absolute atomic E-state index is 12.2. The third-order valence-electron chi connectivity index (χ3n) is 3.69. The molecule has 0 aromatic carbocycles. The third kappa shape index (κ3) is 2.94. The molecule has 0 bridgehead atoms. The second-order valence-corrected chi connectivity index (χ2v) is 5.13. The third-order valence-corrected chi connectivity index (χ3v) is 3.69. The molecule has 2 atom stereocenters. The van der Waals surface area contributed by atoms with Gasteiger partial charge in [-0.25, -0.2) is 0 Å². The van der Waals surface area contributed by atoms with Crippen LogP contribution in [0.1, 0.15) is 31.4 Å². The van der Waals surface area contributed by atoms with Crippen molar-refractivity contribution in [2.75, 3.05) is 5.32 Å². The molecule has 0 radical (unpaired) electrons. The van der Waals surface area contributed by atoms with E-state index in [1.165, 1.54) is 0 Å². The van der Waals surface area contributed by atoms with Gasteiger partial charge in [-0.2, -0.15) is 5.10 Å². The predicted octanol–water partition coefficient (Wildman–Crippen LogP) is 1.56. The normalized spacial score (nSPS) is 23.1. The average molecular weight is 265 g/mol. The first-order valence-electron chi connectivity index (χ1n) is 6.53. The van der Waals surface area contributed by atoms with Gasteiger partial charge in [-0.05, 0) is 19.8 Å². The van der Waals surface area contributed by atoms with E-state index in [1.54, 1.807) is 17.9 Å². The van der Waals surface area contributed by atoms with E-state index in [4.69, 9.17) is 0 Å². The van der Waals surface area contributed by atoms with Crippen molar-refractivity contribution >= 4 is 17.6 Å². The Kier molecular flexibility index (Phi) is 3.87. The van der Waals surface area contributed by atoms with E-state index in [2.05, 4.69) is 10.4 Å². The fraction of sp³-hybridized carbons (Fsp3) is 0.615. The van der Waals surface area contributed by atoms with Crippen LogP contribution in [-0.4, -0.2) is 26.8 Å². The quantitative estimate of drug-likeness (QED) is 0.868. The van der Waals surface area contributed by atoms with Gasteiger partial charge < -0.3 is 10.4 Å². The van der Waals surface area contributed by atoms with Crippen LogP contribution >= 0.6 is 0 Å². The molecule has 19 heavy (non-hydrogen) atoms. The molecule has 0 saturated heterocycles. The van der Waals surface area contributed by atoms with Crippen molar-refractivity contribution in [3.05, 3.63) is 11.9 Å². The first kappa shape index (κ1) is 13.6. The van der Waals surface area contributed by atoms with E-state index >= 15 is 0 Å². The Morgan fingerprint density at radius 2 is 2.00 bits per heavy atom. The highest BCUT2D eigenvalue weighted by atomic mass is 16.4. The number of aryl methyl sites for hydroxylation is 2.